The zero-order valence-electron chi connectivity index (χ0n) is 18.9. The Morgan fingerprint density at radius 1 is 1.30 bits per heavy atom. The summed E-state index contributed by atoms with van der Waals surface area (Å²) in [5.41, 5.74) is 1.11. The number of tetrazole rings is 1. The Hall–Kier alpha value is -2.61. The summed E-state index contributed by atoms with van der Waals surface area (Å²) in [4.78, 5) is 40.6. The molecule has 3 N–H and O–H groups in total. The van der Waals surface area contributed by atoms with Gasteiger partial charge in [-0.3, -0.25) is 9.69 Å². The predicted molar refractivity (Wildman–Crippen MR) is 112 cm³/mol. The molecule has 0 aliphatic carbocycles. The minimum absolute atomic E-state index is 0. The van der Waals surface area contributed by atoms with Gasteiger partial charge in [0.25, 0.3) is 5.91 Å². The van der Waals surface area contributed by atoms with Crippen LogP contribution in [0, 0.1) is 5.92 Å². The number of nitrogens with one attached hydrogen (secondary N) is 1. The van der Waals surface area contributed by atoms with Crippen LogP contribution in [0.2, 0.25) is 0 Å². The van der Waals surface area contributed by atoms with Gasteiger partial charge in [0.05, 0.1) is 6.04 Å². The molecule has 2 aromatic rings. The minimum atomic E-state index is -1.16. The van der Waals surface area contributed by atoms with E-state index in [1.165, 1.54) is 38.4 Å². The Kier molecular flexibility index (Phi) is 6.40. The topological polar surface area (TPSA) is 154 Å². The summed E-state index contributed by atoms with van der Waals surface area (Å²) in [6.07, 6.45) is 0.466. The molecule has 2 saturated heterocycles. The molecule has 5 rings (SSSR count). The molecule has 3 atom stereocenters. The molecule has 33 heavy (non-hydrogen) atoms. The number of carbonyl (C=O) groups is 3. The van der Waals surface area contributed by atoms with Crippen LogP contribution in [0.25, 0.3) is 0 Å². The van der Waals surface area contributed by atoms with Crippen LogP contribution in [0.15, 0.2) is 40.7 Å². The Labute approximate surface area is 215 Å². The molecule has 0 spiro atoms. The fourth-order valence-corrected chi connectivity index (χ4v) is 5.48. The van der Waals surface area contributed by atoms with Crippen molar-refractivity contribution in [1.82, 2.24) is 30.0 Å². The first-order chi connectivity index (χ1) is 15.3. The van der Waals surface area contributed by atoms with Crippen molar-refractivity contribution in [1.29, 1.82) is 0 Å². The molecule has 1 aromatic heterocycles. The van der Waals surface area contributed by atoms with Crippen LogP contribution in [-0.4, -0.2) is 82.5 Å². The molecule has 0 unspecified atom stereocenters. The van der Waals surface area contributed by atoms with E-state index in [0.717, 1.165) is 0 Å². The molecule has 0 saturated carbocycles. The summed E-state index contributed by atoms with van der Waals surface area (Å²) in [7, 11) is 1.69. The van der Waals surface area contributed by atoms with Gasteiger partial charge in [0.15, 0.2) is 0 Å². The number of carboxylic acids is 1. The summed E-state index contributed by atoms with van der Waals surface area (Å²) >= 11 is 1.30. The van der Waals surface area contributed by atoms with E-state index in [0.29, 0.717) is 35.1 Å². The number of rotatable bonds is 5. The SMILES string of the molecule is Cn1nnnc1SCC1=C(C(=O)O)N2C(=O)[C@@H]3[C@H]2[C@H](C1)CN3C(=O)Nc1ccc(O)cc1.[H-].[Na+]. The third-order valence-corrected chi connectivity index (χ3v) is 7.08. The minimum Gasteiger partial charge on any atom is -1.00 e. The van der Waals surface area contributed by atoms with Gasteiger partial charge in [-0.15, -0.1) is 5.10 Å². The van der Waals surface area contributed by atoms with Crippen molar-refractivity contribution in [3.63, 3.8) is 0 Å². The summed E-state index contributed by atoms with van der Waals surface area (Å²) < 4.78 is 1.49. The van der Waals surface area contributed by atoms with Crippen LogP contribution in [0.1, 0.15) is 7.85 Å². The Morgan fingerprint density at radius 3 is 2.67 bits per heavy atom. The van der Waals surface area contributed by atoms with Crippen molar-refractivity contribution >= 4 is 35.4 Å². The van der Waals surface area contributed by atoms with Gasteiger partial charge in [-0.05, 0) is 46.7 Å². The number of phenolic OH excluding ortho intramolecular Hbond substituents is 1. The monoisotopic (exact) mass is 481 g/mol. The number of phenols is 1. The quantitative estimate of drug-likeness (QED) is 0.184. The van der Waals surface area contributed by atoms with Gasteiger partial charge >= 0.3 is 41.6 Å². The van der Waals surface area contributed by atoms with Crippen LogP contribution in [0.5, 0.6) is 5.75 Å². The Morgan fingerprint density at radius 2 is 2.03 bits per heavy atom. The maximum atomic E-state index is 12.9. The average Bonchev–Trinajstić information content (AvgIpc) is 3.34. The van der Waals surface area contributed by atoms with Gasteiger partial charge in [-0.2, -0.15) is 0 Å². The van der Waals surface area contributed by atoms with E-state index in [1.807, 2.05) is 0 Å². The summed E-state index contributed by atoms with van der Waals surface area (Å²) in [5, 5.41) is 33.7. The van der Waals surface area contributed by atoms with Gasteiger partial charge in [-0.1, -0.05) is 11.8 Å². The molecular formula is C19H20N7NaO5S. The number of aliphatic carboxylic acids is 1. The fourth-order valence-electron chi connectivity index (χ4n) is 4.61. The van der Waals surface area contributed by atoms with Crippen molar-refractivity contribution < 1.29 is 55.6 Å². The summed E-state index contributed by atoms with van der Waals surface area (Å²) in [5.74, 6) is -1.20. The number of aryl methyl sites for hydroxylation is 1. The predicted octanol–water partition coefficient (Wildman–Crippen LogP) is -2.39. The first-order valence-electron chi connectivity index (χ1n) is 9.85. The number of urea groups is 1. The smallest absolute Gasteiger partial charge is 1.00 e. The molecule has 12 nitrogen and oxygen atoms in total. The second-order valence-corrected chi connectivity index (χ2v) is 8.81. The second kappa shape index (κ2) is 8.97. The zero-order chi connectivity index (χ0) is 22.6. The standard InChI is InChI=1S/C19H19N7O5S.Na.H/c1-24-19(21-22-23-24)32-8-10-6-9-7-25(18(31)20-11-2-4-12(27)5-3-11)15-13(9)26(16(15)28)14(10)17(29)30;;/h2-5,9,13,15,27H,6-8H2,1H3,(H,20,31)(H,29,30);;/q;+1;-1/t9-,13-,15+;;/m1../s1. The normalized spacial score (nSPS) is 23.1. The fraction of sp³-hybridized carbons (Fsp3) is 0.368. The van der Waals surface area contributed by atoms with Crippen LogP contribution < -0.4 is 34.9 Å². The van der Waals surface area contributed by atoms with Gasteiger partial charge in [0.2, 0.25) is 5.16 Å². The maximum absolute atomic E-state index is 12.9. The molecule has 4 heterocycles. The number of likely N-dealkylation sites (tertiary alicyclic amines) is 1. The van der Waals surface area contributed by atoms with Gasteiger partial charge < -0.3 is 21.9 Å². The van der Waals surface area contributed by atoms with Crippen molar-refractivity contribution in [2.75, 3.05) is 17.6 Å². The van der Waals surface area contributed by atoms with E-state index in [2.05, 4.69) is 20.8 Å². The van der Waals surface area contributed by atoms with E-state index < -0.39 is 23.9 Å². The molecule has 0 bridgehead atoms. The first kappa shape index (κ1) is 23.5. The third kappa shape index (κ3) is 3.98. The van der Waals surface area contributed by atoms with E-state index in [4.69, 9.17) is 0 Å². The number of carbonyl (C=O) groups excluding carboxylic acids is 2. The largest absolute Gasteiger partial charge is 1.00 e. The number of anilines is 1. The summed E-state index contributed by atoms with van der Waals surface area (Å²) in [6, 6.07) is 4.58. The maximum Gasteiger partial charge on any atom is 1.00 e. The van der Waals surface area contributed by atoms with Crippen molar-refractivity contribution in [2.24, 2.45) is 13.0 Å². The molecule has 0 radical (unpaired) electrons. The van der Waals surface area contributed by atoms with Crippen LogP contribution in [-0.2, 0) is 16.6 Å². The number of hydrogen-bond acceptors (Lipinski definition) is 8. The Bertz CT molecular complexity index is 1160. The number of benzene rings is 1. The molecule has 168 valence electrons. The average molecular weight is 481 g/mol. The molecule has 1 aromatic carbocycles. The van der Waals surface area contributed by atoms with Crippen molar-refractivity contribution in [2.45, 2.75) is 23.7 Å². The van der Waals surface area contributed by atoms with Crippen LogP contribution >= 0.6 is 11.8 Å². The molecule has 2 fully saturated rings. The molecule has 14 heteroatoms. The van der Waals surface area contributed by atoms with Gasteiger partial charge in [0, 0.05) is 31.0 Å². The second-order valence-electron chi connectivity index (χ2n) is 7.87. The molecule has 3 amide bonds. The number of carboxylic acid groups (broad SMARTS) is 1. The van der Waals surface area contributed by atoms with E-state index in [1.54, 1.807) is 19.2 Å². The van der Waals surface area contributed by atoms with E-state index >= 15 is 0 Å². The van der Waals surface area contributed by atoms with Crippen molar-refractivity contribution in [3.8, 4) is 5.75 Å². The van der Waals surface area contributed by atoms with Crippen LogP contribution in [0.4, 0.5) is 10.5 Å². The van der Waals surface area contributed by atoms with Crippen LogP contribution in [0.3, 0.4) is 0 Å². The number of nitrogens with zero attached hydrogens (tertiary/aromatic N) is 6. The number of thioether (sulfide) groups is 1. The van der Waals surface area contributed by atoms with Gasteiger partial charge in [0.1, 0.15) is 17.5 Å². The van der Waals surface area contributed by atoms with E-state index in [9.17, 15) is 24.6 Å². The number of β-lactam (4-membered cyclic amide) rings is 1. The van der Waals surface area contributed by atoms with E-state index in [-0.39, 0.29) is 54.4 Å². The number of hydrogen-bond donors (Lipinski definition) is 3. The van der Waals surface area contributed by atoms with Crippen molar-refractivity contribution in [3.05, 3.63) is 35.5 Å². The summed E-state index contributed by atoms with van der Waals surface area (Å²) in [6.45, 7) is 0.341. The molecule has 3 aliphatic heterocycles. The Balaban J connectivity index is 0.00000162. The van der Waals surface area contributed by atoms with Gasteiger partial charge in [-0.25, -0.2) is 14.3 Å². The number of aromatic hydroxyl groups is 1. The third-order valence-electron chi connectivity index (χ3n) is 5.99. The molecule has 3 aliphatic rings. The zero-order valence-corrected chi connectivity index (χ0v) is 20.7. The first-order valence-corrected chi connectivity index (χ1v) is 10.8. The molecular weight excluding hydrogens is 461 g/mol. The number of amides is 3. The number of aromatic nitrogens is 4.